The molecule has 1 aliphatic rings. The van der Waals surface area contributed by atoms with Gasteiger partial charge in [-0.3, -0.25) is 9.59 Å². The van der Waals surface area contributed by atoms with Crippen LogP contribution in [0.15, 0.2) is 29.2 Å². The number of rotatable bonds is 5. The fraction of sp³-hybridized carbons (Fsp3) is 0.556. The van der Waals surface area contributed by atoms with Gasteiger partial charge in [0.1, 0.15) is 0 Å². The highest BCUT2D eigenvalue weighted by atomic mass is 32.2. The number of carbonyl (C=O) groups excluding carboxylic acids is 2. The average Bonchev–Trinajstić information content (AvgIpc) is 2.56. The lowest BCUT2D eigenvalue weighted by Crippen LogP contribution is -2.57. The van der Waals surface area contributed by atoms with Crippen LogP contribution in [0.4, 0.5) is 5.69 Å². The van der Waals surface area contributed by atoms with E-state index in [0.717, 1.165) is 0 Å². The summed E-state index contributed by atoms with van der Waals surface area (Å²) in [6.07, 6.45) is 0.683. The van der Waals surface area contributed by atoms with Gasteiger partial charge in [-0.15, -0.1) is 0 Å². The molecular formula is C18H28N4O4S. The van der Waals surface area contributed by atoms with Crippen LogP contribution in [0.25, 0.3) is 0 Å². The lowest BCUT2D eigenvalue weighted by atomic mass is 9.79. The molecule has 0 radical (unpaired) electrons. The lowest BCUT2D eigenvalue weighted by molar-refractivity contribution is -0.136. The third-order valence-electron chi connectivity index (χ3n) is 4.81. The Bertz CT molecular complexity index is 805. The number of hydrogen-bond acceptors (Lipinski definition) is 5. The summed E-state index contributed by atoms with van der Waals surface area (Å²) in [5.41, 5.74) is 6.38. The van der Waals surface area contributed by atoms with Crippen LogP contribution in [0.2, 0.25) is 0 Å². The number of amides is 2. The molecule has 0 spiro atoms. The second-order valence-corrected chi connectivity index (χ2v) is 9.41. The second kappa shape index (κ2) is 7.95. The lowest BCUT2D eigenvalue weighted by Gasteiger charge is -2.43. The maximum absolute atomic E-state index is 12.7. The Labute approximate surface area is 160 Å². The van der Waals surface area contributed by atoms with Crippen LogP contribution in [0.5, 0.6) is 0 Å². The fourth-order valence-electron chi connectivity index (χ4n) is 3.11. The summed E-state index contributed by atoms with van der Waals surface area (Å²) < 4.78 is 27.5. The Morgan fingerprint density at radius 3 is 2.37 bits per heavy atom. The van der Waals surface area contributed by atoms with Crippen molar-refractivity contribution in [1.82, 2.24) is 9.62 Å². The van der Waals surface area contributed by atoms with Crippen LogP contribution in [0.3, 0.4) is 0 Å². The monoisotopic (exact) mass is 396 g/mol. The molecule has 2 amide bonds. The number of nitrogens with zero attached hydrogens (tertiary/aromatic N) is 1. The molecule has 0 bridgehead atoms. The molecule has 27 heavy (non-hydrogen) atoms. The number of carbonyl (C=O) groups is 2. The minimum absolute atomic E-state index is 0.00988. The largest absolute Gasteiger partial charge is 0.341 e. The van der Waals surface area contributed by atoms with E-state index in [1.54, 1.807) is 4.90 Å². The van der Waals surface area contributed by atoms with E-state index < -0.39 is 16.1 Å². The van der Waals surface area contributed by atoms with Gasteiger partial charge in [-0.25, -0.2) is 8.42 Å². The van der Waals surface area contributed by atoms with Crippen molar-refractivity contribution in [1.29, 1.82) is 0 Å². The third-order valence-corrected chi connectivity index (χ3v) is 6.37. The first-order valence-corrected chi connectivity index (χ1v) is 10.3. The number of sulfonamides is 1. The molecule has 1 heterocycles. The van der Waals surface area contributed by atoms with Crippen molar-refractivity contribution in [2.45, 2.75) is 51.1 Å². The summed E-state index contributed by atoms with van der Waals surface area (Å²) in [5.74, 6) is -0.513. The average molecular weight is 397 g/mol. The molecule has 1 aromatic rings. The molecule has 4 N–H and O–H groups in total. The Morgan fingerprint density at radius 2 is 1.85 bits per heavy atom. The van der Waals surface area contributed by atoms with E-state index in [9.17, 15) is 18.0 Å². The standard InChI is InChI=1S/C18H28N4O4S/c1-12(17(24)22-10-9-16(19)18(3,4)11-22)21-27(25,26)15-7-5-14(6-8-15)20-13(2)23/h5-8,12,16,21H,9-11,19H2,1-4H3,(H,20,23). The fourth-order valence-corrected chi connectivity index (χ4v) is 4.30. The van der Waals surface area contributed by atoms with Crippen LogP contribution < -0.4 is 15.8 Å². The minimum atomic E-state index is -3.86. The summed E-state index contributed by atoms with van der Waals surface area (Å²) in [7, 11) is -3.86. The number of benzene rings is 1. The zero-order valence-electron chi connectivity index (χ0n) is 16.2. The quantitative estimate of drug-likeness (QED) is 0.683. The van der Waals surface area contributed by atoms with Gasteiger partial charge in [-0.05, 0) is 43.0 Å². The highest BCUT2D eigenvalue weighted by molar-refractivity contribution is 7.89. The van der Waals surface area contributed by atoms with E-state index in [1.165, 1.54) is 38.1 Å². The minimum Gasteiger partial charge on any atom is -0.341 e. The molecule has 2 rings (SSSR count). The predicted octanol–water partition coefficient (Wildman–Crippen LogP) is 0.898. The van der Waals surface area contributed by atoms with Crippen molar-refractivity contribution >= 4 is 27.5 Å². The van der Waals surface area contributed by atoms with Gasteiger partial charge < -0.3 is 16.0 Å². The van der Waals surface area contributed by atoms with Crippen LogP contribution in [-0.2, 0) is 19.6 Å². The molecule has 0 aromatic heterocycles. The molecular weight excluding hydrogens is 368 g/mol. The van der Waals surface area contributed by atoms with Crippen LogP contribution >= 0.6 is 0 Å². The van der Waals surface area contributed by atoms with E-state index in [4.69, 9.17) is 5.73 Å². The van der Waals surface area contributed by atoms with Crippen molar-refractivity contribution in [3.05, 3.63) is 24.3 Å². The Balaban J connectivity index is 2.06. The van der Waals surface area contributed by atoms with Gasteiger partial charge in [0.2, 0.25) is 21.8 Å². The van der Waals surface area contributed by atoms with Crippen LogP contribution in [0.1, 0.15) is 34.1 Å². The van der Waals surface area contributed by atoms with E-state index in [1.807, 2.05) is 13.8 Å². The number of likely N-dealkylation sites (tertiary alicyclic amines) is 1. The van der Waals surface area contributed by atoms with Gasteiger partial charge in [0.25, 0.3) is 0 Å². The Morgan fingerprint density at radius 1 is 1.26 bits per heavy atom. The van der Waals surface area contributed by atoms with Crippen molar-refractivity contribution in [2.24, 2.45) is 11.1 Å². The molecule has 2 unspecified atom stereocenters. The van der Waals surface area contributed by atoms with Crippen molar-refractivity contribution in [3.63, 3.8) is 0 Å². The topological polar surface area (TPSA) is 122 Å². The number of nitrogens with one attached hydrogen (secondary N) is 2. The van der Waals surface area contributed by atoms with Gasteiger partial charge in [0.05, 0.1) is 10.9 Å². The molecule has 150 valence electrons. The van der Waals surface area contributed by atoms with Gasteiger partial charge in [-0.2, -0.15) is 4.72 Å². The maximum Gasteiger partial charge on any atom is 0.241 e. The number of hydrogen-bond donors (Lipinski definition) is 3. The highest BCUT2D eigenvalue weighted by Gasteiger charge is 2.37. The van der Waals surface area contributed by atoms with Gasteiger partial charge in [-0.1, -0.05) is 13.8 Å². The SMILES string of the molecule is CC(=O)Nc1ccc(S(=O)(=O)NC(C)C(=O)N2CCC(N)C(C)(C)C2)cc1. The molecule has 0 saturated carbocycles. The van der Waals surface area contributed by atoms with E-state index in [-0.39, 0.29) is 28.2 Å². The molecule has 1 fully saturated rings. The normalized spacial score (nSPS) is 20.8. The zero-order valence-corrected chi connectivity index (χ0v) is 17.0. The van der Waals surface area contributed by atoms with Crippen LogP contribution in [-0.4, -0.2) is 50.3 Å². The molecule has 1 saturated heterocycles. The van der Waals surface area contributed by atoms with Crippen LogP contribution in [0, 0.1) is 5.41 Å². The van der Waals surface area contributed by atoms with Gasteiger partial charge in [0, 0.05) is 31.7 Å². The van der Waals surface area contributed by atoms with Crippen molar-refractivity contribution in [3.8, 4) is 0 Å². The molecule has 0 aliphatic carbocycles. The predicted molar refractivity (Wildman–Crippen MR) is 103 cm³/mol. The Kier molecular flexibility index (Phi) is 6.28. The summed E-state index contributed by atoms with van der Waals surface area (Å²) in [5, 5.41) is 2.57. The summed E-state index contributed by atoms with van der Waals surface area (Å²) >= 11 is 0. The van der Waals surface area contributed by atoms with E-state index >= 15 is 0 Å². The number of anilines is 1. The summed E-state index contributed by atoms with van der Waals surface area (Å²) in [6.45, 7) is 7.91. The Hall–Kier alpha value is -1.97. The van der Waals surface area contributed by atoms with Gasteiger partial charge in [0.15, 0.2) is 0 Å². The molecule has 1 aromatic carbocycles. The summed E-state index contributed by atoms with van der Waals surface area (Å²) in [6, 6.07) is 4.88. The first kappa shape index (κ1) is 21.3. The van der Waals surface area contributed by atoms with E-state index in [0.29, 0.717) is 25.2 Å². The molecule has 1 aliphatic heterocycles. The molecule has 8 nitrogen and oxygen atoms in total. The molecule has 2 atom stereocenters. The van der Waals surface area contributed by atoms with Gasteiger partial charge >= 0.3 is 0 Å². The van der Waals surface area contributed by atoms with Crippen molar-refractivity contribution < 1.29 is 18.0 Å². The second-order valence-electron chi connectivity index (χ2n) is 7.69. The first-order chi connectivity index (χ1) is 12.4. The van der Waals surface area contributed by atoms with E-state index in [2.05, 4.69) is 10.0 Å². The number of piperidine rings is 1. The highest BCUT2D eigenvalue weighted by Crippen LogP contribution is 2.28. The smallest absolute Gasteiger partial charge is 0.241 e. The molecule has 9 heteroatoms. The third kappa shape index (κ3) is 5.27. The summed E-state index contributed by atoms with van der Waals surface area (Å²) in [4.78, 5) is 25.4. The maximum atomic E-state index is 12.7. The van der Waals surface area contributed by atoms with Crippen molar-refractivity contribution in [2.75, 3.05) is 18.4 Å². The first-order valence-electron chi connectivity index (χ1n) is 8.87. The number of nitrogens with two attached hydrogens (primary N) is 1. The zero-order chi connectivity index (χ0) is 20.4.